The summed E-state index contributed by atoms with van der Waals surface area (Å²) in [6.45, 7) is 0. The van der Waals surface area contributed by atoms with Crippen molar-refractivity contribution in [2.24, 2.45) is 0 Å². The van der Waals surface area contributed by atoms with Gasteiger partial charge in [0.2, 0.25) is 0 Å². The van der Waals surface area contributed by atoms with Crippen molar-refractivity contribution in [2.45, 2.75) is 0 Å². The minimum absolute atomic E-state index is 1.14. The summed E-state index contributed by atoms with van der Waals surface area (Å²) in [5, 5.41) is 5.04. The molecule has 0 saturated heterocycles. The highest BCUT2D eigenvalue weighted by molar-refractivity contribution is 6.10. The minimum atomic E-state index is 1.14. The van der Waals surface area contributed by atoms with E-state index in [1.807, 2.05) is 0 Å². The molecule has 0 amide bonds. The summed E-state index contributed by atoms with van der Waals surface area (Å²) in [6.07, 6.45) is 0. The SMILES string of the molecule is c1ccc(-c2ccccc2-c2cc(-n3c4ccccc4c4ccccc43)cc(-n3c4ccccc4c4ccccc43)c2)cc1. The molecule has 7 aromatic carbocycles. The van der Waals surface area contributed by atoms with Gasteiger partial charge < -0.3 is 9.13 Å². The zero-order valence-corrected chi connectivity index (χ0v) is 24.1. The second-order valence-corrected chi connectivity index (χ2v) is 11.4. The standard InChI is InChI=1S/C42H28N2/c1-2-14-29(15-3-1)33-16-4-5-17-34(33)30-26-31(43-39-22-10-6-18-35(39)36-19-7-11-23-40(36)43)28-32(27-30)44-41-24-12-8-20-37(41)38-21-9-13-25-42(38)44/h1-28H. The monoisotopic (exact) mass is 560 g/mol. The molecule has 9 aromatic rings. The molecule has 9 rings (SSSR count). The molecule has 0 atom stereocenters. The Hall–Kier alpha value is -5.86. The summed E-state index contributed by atoms with van der Waals surface area (Å²) < 4.78 is 4.85. The first kappa shape index (κ1) is 24.7. The Labute approximate surface area is 255 Å². The number of fused-ring (bicyclic) bond motifs is 6. The van der Waals surface area contributed by atoms with Gasteiger partial charge in [0.05, 0.1) is 22.1 Å². The molecule has 0 aliphatic rings. The van der Waals surface area contributed by atoms with Crippen molar-refractivity contribution < 1.29 is 0 Å². The summed E-state index contributed by atoms with van der Waals surface area (Å²) in [4.78, 5) is 0. The summed E-state index contributed by atoms with van der Waals surface area (Å²) in [5.74, 6) is 0. The highest BCUT2D eigenvalue weighted by Gasteiger charge is 2.18. The summed E-state index contributed by atoms with van der Waals surface area (Å²) in [5.41, 5.74) is 11.9. The molecule has 2 aromatic heterocycles. The van der Waals surface area contributed by atoms with Gasteiger partial charge in [0, 0.05) is 32.9 Å². The summed E-state index contributed by atoms with van der Waals surface area (Å²) in [7, 11) is 0. The van der Waals surface area contributed by atoms with E-state index in [0.717, 1.165) is 11.4 Å². The predicted octanol–water partition coefficient (Wildman–Crippen LogP) is 11.2. The van der Waals surface area contributed by atoms with Crippen LogP contribution in [0.25, 0.3) is 77.2 Å². The van der Waals surface area contributed by atoms with Crippen molar-refractivity contribution in [3.63, 3.8) is 0 Å². The average molecular weight is 561 g/mol. The van der Waals surface area contributed by atoms with Gasteiger partial charge in [-0.1, -0.05) is 127 Å². The molecule has 0 spiro atoms. The van der Waals surface area contributed by atoms with Gasteiger partial charge in [0.15, 0.2) is 0 Å². The van der Waals surface area contributed by atoms with Crippen LogP contribution in [0, 0.1) is 0 Å². The number of aromatic nitrogens is 2. The van der Waals surface area contributed by atoms with Crippen molar-refractivity contribution in [3.05, 3.63) is 170 Å². The third kappa shape index (κ3) is 3.75. The second-order valence-electron chi connectivity index (χ2n) is 11.4. The molecule has 0 aliphatic heterocycles. The van der Waals surface area contributed by atoms with Crippen LogP contribution in [-0.2, 0) is 0 Å². The van der Waals surface area contributed by atoms with E-state index in [9.17, 15) is 0 Å². The Bertz CT molecular complexity index is 2260. The Kier molecular flexibility index (Phi) is 5.54. The molecule has 0 aliphatic carbocycles. The molecule has 44 heavy (non-hydrogen) atoms. The van der Waals surface area contributed by atoms with Crippen LogP contribution in [0.5, 0.6) is 0 Å². The van der Waals surface area contributed by atoms with Gasteiger partial charge in [-0.2, -0.15) is 0 Å². The number of nitrogens with zero attached hydrogens (tertiary/aromatic N) is 2. The molecular formula is C42H28N2. The topological polar surface area (TPSA) is 9.86 Å². The maximum absolute atomic E-state index is 2.43. The lowest BCUT2D eigenvalue weighted by Gasteiger charge is -2.17. The van der Waals surface area contributed by atoms with Crippen molar-refractivity contribution in [1.29, 1.82) is 0 Å². The molecule has 2 heteroatoms. The van der Waals surface area contributed by atoms with Crippen LogP contribution in [0.2, 0.25) is 0 Å². The van der Waals surface area contributed by atoms with Crippen LogP contribution in [0.4, 0.5) is 0 Å². The van der Waals surface area contributed by atoms with Crippen LogP contribution in [0.1, 0.15) is 0 Å². The smallest absolute Gasteiger partial charge is 0.0541 e. The van der Waals surface area contributed by atoms with Gasteiger partial charge >= 0.3 is 0 Å². The zero-order valence-electron chi connectivity index (χ0n) is 24.1. The van der Waals surface area contributed by atoms with E-state index in [0.29, 0.717) is 0 Å². The van der Waals surface area contributed by atoms with Crippen LogP contribution in [0.15, 0.2) is 170 Å². The van der Waals surface area contributed by atoms with Crippen molar-refractivity contribution >= 4 is 43.6 Å². The number of rotatable bonds is 4. The normalized spacial score (nSPS) is 11.6. The Balaban J connectivity index is 1.41. The van der Waals surface area contributed by atoms with E-state index in [-0.39, 0.29) is 0 Å². The molecule has 0 bridgehead atoms. The van der Waals surface area contributed by atoms with Crippen molar-refractivity contribution in [1.82, 2.24) is 9.13 Å². The molecule has 2 nitrogen and oxygen atoms in total. The van der Waals surface area contributed by atoms with Crippen LogP contribution >= 0.6 is 0 Å². The fourth-order valence-corrected chi connectivity index (χ4v) is 7.01. The van der Waals surface area contributed by atoms with Gasteiger partial charge in [-0.15, -0.1) is 0 Å². The summed E-state index contributed by atoms with van der Waals surface area (Å²) in [6, 6.07) is 61.5. The lowest BCUT2D eigenvalue weighted by atomic mass is 9.94. The third-order valence-electron chi connectivity index (χ3n) is 8.90. The quantitative estimate of drug-likeness (QED) is 0.203. The van der Waals surface area contributed by atoms with Gasteiger partial charge in [0.1, 0.15) is 0 Å². The van der Waals surface area contributed by atoms with Crippen LogP contribution < -0.4 is 0 Å². The molecular weight excluding hydrogens is 532 g/mol. The van der Waals surface area contributed by atoms with E-state index in [1.54, 1.807) is 0 Å². The molecule has 0 N–H and O–H groups in total. The number of benzene rings is 7. The van der Waals surface area contributed by atoms with Crippen molar-refractivity contribution in [3.8, 4) is 33.6 Å². The Morgan fingerprint density at radius 1 is 0.273 bits per heavy atom. The van der Waals surface area contributed by atoms with Crippen LogP contribution in [0.3, 0.4) is 0 Å². The fourth-order valence-electron chi connectivity index (χ4n) is 7.01. The Morgan fingerprint density at radius 2 is 0.614 bits per heavy atom. The largest absolute Gasteiger partial charge is 0.309 e. The molecule has 2 heterocycles. The molecule has 0 unspecified atom stereocenters. The number of para-hydroxylation sites is 4. The second kappa shape index (κ2) is 9.86. The molecule has 0 fully saturated rings. The molecule has 0 radical (unpaired) electrons. The first-order valence-electron chi connectivity index (χ1n) is 15.1. The summed E-state index contributed by atoms with van der Waals surface area (Å²) >= 11 is 0. The first-order valence-corrected chi connectivity index (χ1v) is 15.1. The predicted molar refractivity (Wildman–Crippen MR) is 186 cm³/mol. The maximum Gasteiger partial charge on any atom is 0.0541 e. The van der Waals surface area contributed by atoms with Crippen molar-refractivity contribution in [2.75, 3.05) is 0 Å². The van der Waals surface area contributed by atoms with Gasteiger partial charge in [0.25, 0.3) is 0 Å². The lowest BCUT2D eigenvalue weighted by Crippen LogP contribution is -2.00. The first-order chi connectivity index (χ1) is 21.8. The third-order valence-corrected chi connectivity index (χ3v) is 8.90. The van der Waals surface area contributed by atoms with E-state index in [2.05, 4.69) is 179 Å². The van der Waals surface area contributed by atoms with Crippen LogP contribution in [-0.4, -0.2) is 9.13 Å². The highest BCUT2D eigenvalue weighted by Crippen LogP contribution is 2.39. The maximum atomic E-state index is 2.43. The number of hydrogen-bond acceptors (Lipinski definition) is 0. The molecule has 206 valence electrons. The highest BCUT2D eigenvalue weighted by atomic mass is 15.0. The molecule has 0 saturated carbocycles. The van der Waals surface area contributed by atoms with Gasteiger partial charge in [-0.05, 0) is 64.7 Å². The lowest BCUT2D eigenvalue weighted by molar-refractivity contribution is 1.13. The van der Waals surface area contributed by atoms with E-state index < -0.39 is 0 Å². The number of hydrogen-bond donors (Lipinski definition) is 0. The van der Waals surface area contributed by atoms with Gasteiger partial charge in [-0.25, -0.2) is 0 Å². The average Bonchev–Trinajstić information content (AvgIpc) is 3.62. The fraction of sp³-hybridized carbons (Fsp3) is 0. The van der Waals surface area contributed by atoms with Gasteiger partial charge in [-0.3, -0.25) is 0 Å². The zero-order chi connectivity index (χ0) is 29.0. The minimum Gasteiger partial charge on any atom is -0.309 e. The van der Waals surface area contributed by atoms with E-state index in [1.165, 1.54) is 65.9 Å². The Morgan fingerprint density at radius 3 is 1.05 bits per heavy atom. The van der Waals surface area contributed by atoms with E-state index >= 15 is 0 Å². The van der Waals surface area contributed by atoms with E-state index in [4.69, 9.17) is 0 Å².